The van der Waals surface area contributed by atoms with E-state index in [-0.39, 0.29) is 0 Å². The third kappa shape index (κ3) is 2.15. The van der Waals surface area contributed by atoms with Gasteiger partial charge < -0.3 is 5.11 Å². The van der Waals surface area contributed by atoms with Crippen LogP contribution in [-0.2, 0) is 12.6 Å². The molecule has 1 heterocycles. The van der Waals surface area contributed by atoms with Crippen LogP contribution in [0.5, 0.6) is 0 Å². The average Bonchev–Trinajstić information content (AvgIpc) is 2.59. The molecule has 0 aliphatic heterocycles. The number of halogens is 1. The molecule has 0 spiro atoms. The fourth-order valence-corrected chi connectivity index (χ4v) is 2.71. The van der Waals surface area contributed by atoms with E-state index in [2.05, 4.69) is 21.0 Å². The van der Waals surface area contributed by atoms with Gasteiger partial charge in [-0.25, -0.2) is 0 Å². The van der Waals surface area contributed by atoms with Crippen LogP contribution < -0.4 is 0 Å². The van der Waals surface area contributed by atoms with Crippen molar-refractivity contribution < 1.29 is 5.11 Å². The molecule has 0 amide bonds. The first-order valence-corrected chi connectivity index (χ1v) is 6.19. The Morgan fingerprint density at radius 2 is 1.88 bits per heavy atom. The van der Waals surface area contributed by atoms with Gasteiger partial charge in [-0.3, -0.25) is 4.68 Å². The molecule has 1 aromatic heterocycles. The van der Waals surface area contributed by atoms with Crippen LogP contribution in [0.3, 0.4) is 0 Å². The summed E-state index contributed by atoms with van der Waals surface area (Å²) in [6.45, 7) is 3.80. The number of rotatable bonds is 2. The van der Waals surface area contributed by atoms with Gasteiger partial charge in [0.05, 0.1) is 16.4 Å². The molecule has 2 rings (SSSR count). The highest BCUT2D eigenvalue weighted by atomic mass is 79.9. The fraction of sp³-hybridized carbons (Fsp3) is 0.308. The summed E-state index contributed by atoms with van der Waals surface area (Å²) in [6, 6.07) is 7.87. The minimum atomic E-state index is -1.06. The van der Waals surface area contributed by atoms with Gasteiger partial charge in [0.1, 0.15) is 5.60 Å². The Morgan fingerprint density at radius 3 is 2.35 bits per heavy atom. The van der Waals surface area contributed by atoms with Crippen LogP contribution in [0.25, 0.3) is 0 Å². The fourth-order valence-electron chi connectivity index (χ4n) is 1.97. The van der Waals surface area contributed by atoms with Gasteiger partial charge >= 0.3 is 0 Å². The Kier molecular flexibility index (Phi) is 3.10. The van der Waals surface area contributed by atoms with Crippen molar-refractivity contribution in [3.05, 3.63) is 51.8 Å². The molecule has 1 N–H and O–H groups in total. The van der Waals surface area contributed by atoms with E-state index >= 15 is 0 Å². The predicted octanol–water partition coefficient (Wildman–Crippen LogP) is 2.75. The van der Waals surface area contributed by atoms with Crippen molar-refractivity contribution in [3.8, 4) is 0 Å². The Bertz CT molecular complexity index is 509. The predicted molar refractivity (Wildman–Crippen MR) is 70.8 cm³/mol. The molecule has 2 aromatic rings. The summed E-state index contributed by atoms with van der Waals surface area (Å²) in [5.74, 6) is 0. The Balaban J connectivity index is 2.53. The second kappa shape index (κ2) is 4.27. The number of nitrogens with zero attached hydrogens (tertiary/aromatic N) is 2. The molecule has 4 heteroatoms. The van der Waals surface area contributed by atoms with Crippen molar-refractivity contribution in [1.82, 2.24) is 9.78 Å². The third-order valence-electron chi connectivity index (χ3n) is 2.97. The van der Waals surface area contributed by atoms with Crippen LogP contribution in [0.1, 0.15) is 23.7 Å². The highest BCUT2D eigenvalue weighted by Gasteiger charge is 2.31. The topological polar surface area (TPSA) is 38.1 Å². The lowest BCUT2D eigenvalue weighted by Gasteiger charge is -2.25. The maximum Gasteiger partial charge on any atom is 0.129 e. The lowest BCUT2D eigenvalue weighted by atomic mass is 9.92. The molecule has 0 aliphatic rings. The van der Waals surface area contributed by atoms with Crippen LogP contribution >= 0.6 is 15.9 Å². The monoisotopic (exact) mass is 294 g/mol. The van der Waals surface area contributed by atoms with Crippen molar-refractivity contribution in [2.45, 2.75) is 19.4 Å². The maximum absolute atomic E-state index is 10.7. The van der Waals surface area contributed by atoms with E-state index in [0.29, 0.717) is 0 Å². The molecule has 17 heavy (non-hydrogen) atoms. The molecule has 0 saturated heterocycles. The van der Waals surface area contributed by atoms with Crippen LogP contribution in [0.15, 0.2) is 34.9 Å². The molecule has 1 aromatic carbocycles. The minimum absolute atomic E-state index is 0.751. The molecule has 3 nitrogen and oxygen atoms in total. The van der Waals surface area contributed by atoms with E-state index < -0.39 is 5.60 Å². The summed E-state index contributed by atoms with van der Waals surface area (Å²) in [7, 11) is 1.82. The lowest BCUT2D eigenvalue weighted by Crippen LogP contribution is -2.26. The first kappa shape index (κ1) is 12.3. The molecule has 0 radical (unpaired) electrons. The van der Waals surface area contributed by atoms with E-state index in [1.54, 1.807) is 17.8 Å². The van der Waals surface area contributed by atoms with E-state index in [1.165, 1.54) is 5.56 Å². The van der Waals surface area contributed by atoms with Gasteiger partial charge in [-0.2, -0.15) is 5.10 Å². The summed E-state index contributed by atoms with van der Waals surface area (Å²) in [5.41, 5.74) is 1.72. The first-order valence-electron chi connectivity index (χ1n) is 5.40. The van der Waals surface area contributed by atoms with Gasteiger partial charge in [0, 0.05) is 7.05 Å². The molecule has 0 aliphatic carbocycles. The second-order valence-corrected chi connectivity index (χ2v) is 5.26. The van der Waals surface area contributed by atoms with E-state index in [1.807, 2.05) is 38.2 Å². The number of aromatic nitrogens is 2. The second-order valence-electron chi connectivity index (χ2n) is 4.40. The van der Waals surface area contributed by atoms with Crippen molar-refractivity contribution in [2.75, 3.05) is 0 Å². The Hall–Kier alpha value is -1.13. The average molecular weight is 295 g/mol. The Morgan fingerprint density at radius 1 is 1.29 bits per heavy atom. The molecule has 0 fully saturated rings. The zero-order valence-electron chi connectivity index (χ0n) is 10.1. The van der Waals surface area contributed by atoms with Crippen LogP contribution in [0.4, 0.5) is 0 Å². The molecular formula is C13H15BrN2O. The summed E-state index contributed by atoms with van der Waals surface area (Å²) in [5, 5.41) is 14.8. The molecule has 0 saturated carbocycles. The number of aliphatic hydroxyl groups is 1. The van der Waals surface area contributed by atoms with Crippen molar-refractivity contribution in [1.29, 1.82) is 0 Å². The molecule has 1 unspecified atom stereocenters. The van der Waals surface area contributed by atoms with Gasteiger partial charge in [0.2, 0.25) is 0 Å². The number of hydrogen-bond acceptors (Lipinski definition) is 2. The van der Waals surface area contributed by atoms with Gasteiger partial charge in [-0.15, -0.1) is 0 Å². The van der Waals surface area contributed by atoms with Crippen LogP contribution in [0.2, 0.25) is 0 Å². The Labute approximate surface area is 109 Å². The van der Waals surface area contributed by atoms with Crippen molar-refractivity contribution in [3.63, 3.8) is 0 Å². The highest BCUT2D eigenvalue weighted by Crippen LogP contribution is 2.33. The summed E-state index contributed by atoms with van der Waals surface area (Å²) in [4.78, 5) is 0. The largest absolute Gasteiger partial charge is 0.379 e. The third-order valence-corrected chi connectivity index (χ3v) is 3.55. The summed E-state index contributed by atoms with van der Waals surface area (Å²) in [6.07, 6.45) is 1.69. The molecule has 90 valence electrons. The molecular weight excluding hydrogens is 280 g/mol. The maximum atomic E-state index is 10.7. The summed E-state index contributed by atoms with van der Waals surface area (Å²) < 4.78 is 2.50. The van der Waals surface area contributed by atoms with Gasteiger partial charge in [0.15, 0.2) is 0 Å². The number of benzene rings is 1. The quantitative estimate of drug-likeness (QED) is 0.925. The van der Waals surface area contributed by atoms with Gasteiger partial charge in [0.25, 0.3) is 0 Å². The van der Waals surface area contributed by atoms with E-state index in [9.17, 15) is 5.11 Å². The van der Waals surface area contributed by atoms with E-state index in [4.69, 9.17) is 0 Å². The zero-order chi connectivity index (χ0) is 12.6. The van der Waals surface area contributed by atoms with Crippen LogP contribution in [-0.4, -0.2) is 14.9 Å². The normalized spacial score (nSPS) is 14.6. The zero-order valence-corrected chi connectivity index (χ0v) is 11.7. The van der Waals surface area contributed by atoms with Crippen molar-refractivity contribution >= 4 is 15.9 Å². The summed E-state index contributed by atoms with van der Waals surface area (Å²) >= 11 is 3.42. The van der Waals surface area contributed by atoms with Crippen molar-refractivity contribution in [2.24, 2.45) is 7.05 Å². The van der Waals surface area contributed by atoms with Gasteiger partial charge in [-0.1, -0.05) is 29.8 Å². The minimum Gasteiger partial charge on any atom is -0.379 e. The first-order chi connectivity index (χ1) is 7.93. The molecule has 0 bridgehead atoms. The smallest absolute Gasteiger partial charge is 0.129 e. The standard InChI is InChI=1S/C13H15BrN2O/c1-9-4-6-10(7-5-9)13(2,17)12-11(14)8-15-16(12)3/h4-8,17H,1-3H3. The lowest BCUT2D eigenvalue weighted by molar-refractivity contribution is 0.0921. The highest BCUT2D eigenvalue weighted by molar-refractivity contribution is 9.10. The SMILES string of the molecule is Cc1ccc(C(C)(O)c2c(Br)cnn2C)cc1. The molecule has 1 atom stereocenters. The van der Waals surface area contributed by atoms with E-state index in [0.717, 1.165) is 15.7 Å². The number of aryl methyl sites for hydroxylation is 2. The van der Waals surface area contributed by atoms with Crippen LogP contribution in [0, 0.1) is 6.92 Å². The van der Waals surface area contributed by atoms with Gasteiger partial charge in [-0.05, 0) is 35.3 Å². The number of hydrogen-bond donors (Lipinski definition) is 1.